The molecule has 0 amide bonds. The van der Waals surface area contributed by atoms with Gasteiger partial charge < -0.3 is 10.1 Å². The lowest BCUT2D eigenvalue weighted by molar-refractivity contribution is 0.0970. The van der Waals surface area contributed by atoms with Crippen molar-refractivity contribution in [2.24, 2.45) is 5.92 Å². The first-order valence-corrected chi connectivity index (χ1v) is 6.18. The molecule has 2 nitrogen and oxygen atoms in total. The van der Waals surface area contributed by atoms with E-state index in [1.807, 2.05) is 0 Å². The third-order valence-corrected chi connectivity index (χ3v) is 3.62. The Hall–Kier alpha value is -0.0800. The van der Waals surface area contributed by atoms with Gasteiger partial charge in [-0.1, -0.05) is 20.3 Å². The largest absolute Gasteiger partial charge is 0.373 e. The first-order valence-electron chi connectivity index (χ1n) is 6.18. The Balaban J connectivity index is 1.66. The van der Waals surface area contributed by atoms with Crippen molar-refractivity contribution in [1.29, 1.82) is 0 Å². The van der Waals surface area contributed by atoms with Crippen LogP contribution in [0.1, 0.15) is 46.0 Å². The zero-order valence-electron chi connectivity index (χ0n) is 9.46. The highest BCUT2D eigenvalue weighted by molar-refractivity contribution is 4.93. The third-order valence-electron chi connectivity index (χ3n) is 3.62. The molecule has 0 aromatic heterocycles. The van der Waals surface area contributed by atoms with E-state index < -0.39 is 0 Å². The Morgan fingerprint density at radius 1 is 1.43 bits per heavy atom. The number of rotatable bonds is 5. The molecule has 0 aromatic carbocycles. The van der Waals surface area contributed by atoms with Crippen molar-refractivity contribution >= 4 is 0 Å². The van der Waals surface area contributed by atoms with Crippen LogP contribution in [-0.4, -0.2) is 24.8 Å². The normalized spacial score (nSPS) is 37.7. The third kappa shape index (κ3) is 2.29. The smallest absolute Gasteiger partial charge is 0.0733 e. The van der Waals surface area contributed by atoms with Crippen LogP contribution in [0.4, 0.5) is 0 Å². The summed E-state index contributed by atoms with van der Waals surface area (Å²) in [5.74, 6) is 0.819. The number of hydrogen-bond acceptors (Lipinski definition) is 2. The van der Waals surface area contributed by atoms with E-state index in [1.165, 1.54) is 38.6 Å². The first-order chi connectivity index (χ1) is 6.79. The van der Waals surface area contributed by atoms with Gasteiger partial charge in [0.05, 0.1) is 12.2 Å². The molecule has 2 aliphatic rings. The van der Waals surface area contributed by atoms with E-state index in [4.69, 9.17) is 4.74 Å². The van der Waals surface area contributed by atoms with Crippen LogP contribution in [0, 0.1) is 5.92 Å². The van der Waals surface area contributed by atoms with Crippen molar-refractivity contribution in [2.75, 3.05) is 6.54 Å². The molecule has 2 aliphatic heterocycles. The quantitative estimate of drug-likeness (QED) is 0.730. The van der Waals surface area contributed by atoms with Gasteiger partial charge in [-0.05, 0) is 38.1 Å². The van der Waals surface area contributed by atoms with E-state index in [0.717, 1.165) is 5.92 Å². The first kappa shape index (κ1) is 10.4. The van der Waals surface area contributed by atoms with Gasteiger partial charge in [0, 0.05) is 6.04 Å². The molecule has 2 heterocycles. The van der Waals surface area contributed by atoms with Crippen LogP contribution in [-0.2, 0) is 4.74 Å². The fourth-order valence-electron chi connectivity index (χ4n) is 2.80. The lowest BCUT2D eigenvalue weighted by Crippen LogP contribution is -2.39. The second kappa shape index (κ2) is 4.63. The van der Waals surface area contributed by atoms with Gasteiger partial charge in [-0.2, -0.15) is 0 Å². The summed E-state index contributed by atoms with van der Waals surface area (Å²) in [6, 6.07) is 0.660. The van der Waals surface area contributed by atoms with E-state index in [0.29, 0.717) is 18.2 Å². The topological polar surface area (TPSA) is 21.3 Å². The minimum atomic E-state index is 0.536. The summed E-state index contributed by atoms with van der Waals surface area (Å²) < 4.78 is 5.81. The van der Waals surface area contributed by atoms with Gasteiger partial charge in [-0.3, -0.25) is 0 Å². The molecule has 0 saturated carbocycles. The molecule has 2 heteroatoms. The molecule has 82 valence electrons. The molecule has 0 aliphatic carbocycles. The second-order valence-electron chi connectivity index (χ2n) is 5.02. The van der Waals surface area contributed by atoms with E-state index in [2.05, 4.69) is 19.2 Å². The average molecular weight is 197 g/mol. The minimum Gasteiger partial charge on any atom is -0.373 e. The molecular formula is C12H23NO. The van der Waals surface area contributed by atoms with Crippen molar-refractivity contribution in [3.8, 4) is 0 Å². The second-order valence-corrected chi connectivity index (χ2v) is 5.02. The average Bonchev–Trinajstić information content (AvgIpc) is 2.76. The maximum Gasteiger partial charge on any atom is 0.0733 e. The Morgan fingerprint density at radius 3 is 2.86 bits per heavy atom. The molecule has 4 unspecified atom stereocenters. The van der Waals surface area contributed by atoms with Crippen molar-refractivity contribution in [3.63, 3.8) is 0 Å². The summed E-state index contributed by atoms with van der Waals surface area (Å²) in [4.78, 5) is 0. The van der Waals surface area contributed by atoms with Gasteiger partial charge in [-0.15, -0.1) is 0 Å². The molecule has 2 rings (SSSR count). The molecule has 2 saturated heterocycles. The maximum absolute atomic E-state index is 5.81. The van der Waals surface area contributed by atoms with E-state index in [-0.39, 0.29) is 0 Å². The van der Waals surface area contributed by atoms with E-state index in [9.17, 15) is 0 Å². The van der Waals surface area contributed by atoms with Crippen molar-refractivity contribution in [1.82, 2.24) is 5.32 Å². The van der Waals surface area contributed by atoms with Crippen molar-refractivity contribution in [3.05, 3.63) is 0 Å². The SMILES string of the molecule is CCCC(C)CNC1CC2CCC1O2. The number of ether oxygens (including phenoxy) is 1. The monoisotopic (exact) mass is 197 g/mol. The van der Waals surface area contributed by atoms with Crippen LogP contribution in [0.15, 0.2) is 0 Å². The van der Waals surface area contributed by atoms with Crippen molar-refractivity contribution in [2.45, 2.75) is 64.2 Å². The van der Waals surface area contributed by atoms with Gasteiger partial charge in [0.25, 0.3) is 0 Å². The van der Waals surface area contributed by atoms with Crippen LogP contribution in [0.3, 0.4) is 0 Å². The molecule has 0 radical (unpaired) electrons. The molecule has 0 aromatic rings. The Morgan fingerprint density at radius 2 is 2.29 bits per heavy atom. The summed E-state index contributed by atoms with van der Waals surface area (Å²) in [6.07, 6.45) is 7.60. The summed E-state index contributed by atoms with van der Waals surface area (Å²) in [6.45, 7) is 5.77. The predicted octanol–water partition coefficient (Wildman–Crippen LogP) is 2.33. The molecule has 2 bridgehead atoms. The van der Waals surface area contributed by atoms with Crippen LogP contribution in [0.25, 0.3) is 0 Å². The molecular weight excluding hydrogens is 174 g/mol. The van der Waals surface area contributed by atoms with E-state index in [1.54, 1.807) is 0 Å². The fourth-order valence-corrected chi connectivity index (χ4v) is 2.80. The predicted molar refractivity (Wildman–Crippen MR) is 58.4 cm³/mol. The van der Waals surface area contributed by atoms with E-state index >= 15 is 0 Å². The summed E-state index contributed by atoms with van der Waals surface area (Å²) in [5.41, 5.74) is 0. The summed E-state index contributed by atoms with van der Waals surface area (Å²) in [7, 11) is 0. The van der Waals surface area contributed by atoms with Crippen LogP contribution < -0.4 is 5.32 Å². The number of nitrogens with one attached hydrogen (secondary N) is 1. The molecule has 1 N–H and O–H groups in total. The lowest BCUT2D eigenvalue weighted by atomic mass is 9.95. The Kier molecular flexibility index (Phi) is 3.45. The molecule has 14 heavy (non-hydrogen) atoms. The fraction of sp³-hybridized carbons (Fsp3) is 1.00. The van der Waals surface area contributed by atoms with Crippen LogP contribution in [0.5, 0.6) is 0 Å². The van der Waals surface area contributed by atoms with Gasteiger partial charge in [0.2, 0.25) is 0 Å². The summed E-state index contributed by atoms with van der Waals surface area (Å²) >= 11 is 0. The van der Waals surface area contributed by atoms with Crippen LogP contribution in [0.2, 0.25) is 0 Å². The van der Waals surface area contributed by atoms with Gasteiger partial charge >= 0.3 is 0 Å². The number of hydrogen-bond donors (Lipinski definition) is 1. The molecule has 4 atom stereocenters. The van der Waals surface area contributed by atoms with Crippen molar-refractivity contribution < 1.29 is 4.74 Å². The minimum absolute atomic E-state index is 0.536. The molecule has 2 fully saturated rings. The maximum atomic E-state index is 5.81. The number of fused-ring (bicyclic) bond motifs is 2. The lowest BCUT2D eigenvalue weighted by Gasteiger charge is -2.22. The van der Waals surface area contributed by atoms with Gasteiger partial charge in [0.15, 0.2) is 0 Å². The summed E-state index contributed by atoms with van der Waals surface area (Å²) in [5, 5.41) is 3.67. The van der Waals surface area contributed by atoms with Gasteiger partial charge in [-0.25, -0.2) is 0 Å². The highest BCUT2D eigenvalue weighted by Crippen LogP contribution is 2.34. The molecule has 0 spiro atoms. The zero-order chi connectivity index (χ0) is 9.97. The highest BCUT2D eigenvalue weighted by atomic mass is 16.5. The standard InChI is InChI=1S/C12H23NO/c1-3-4-9(2)8-13-11-7-10-5-6-12(11)14-10/h9-13H,3-8H2,1-2H3. The zero-order valence-corrected chi connectivity index (χ0v) is 9.46. The van der Waals surface area contributed by atoms with Crippen LogP contribution >= 0.6 is 0 Å². The highest BCUT2D eigenvalue weighted by Gasteiger charge is 2.40. The Labute approximate surface area is 87.4 Å². The van der Waals surface area contributed by atoms with Gasteiger partial charge in [0.1, 0.15) is 0 Å². The Bertz CT molecular complexity index is 183.